The number of nitrogens with zero attached hydrogens (tertiary/aromatic N) is 1. The molecule has 1 fully saturated rings. The topological polar surface area (TPSA) is 48.9 Å². The molecule has 1 aliphatic rings. The molecule has 2 rings (SSSR count). The Hall–Kier alpha value is -0.830. The number of rotatable bonds is 1. The van der Waals surface area contributed by atoms with E-state index in [0.717, 1.165) is 31.4 Å². The molecule has 3 heteroatoms. The zero-order valence-corrected chi connectivity index (χ0v) is 7.08. The summed E-state index contributed by atoms with van der Waals surface area (Å²) in [5.41, 5.74) is 0.261. The van der Waals surface area contributed by atoms with Crippen molar-refractivity contribution in [3.05, 3.63) is 18.2 Å². The Morgan fingerprint density at radius 1 is 1.33 bits per heavy atom. The lowest BCUT2D eigenvalue weighted by molar-refractivity contribution is -0.00426. The lowest BCUT2D eigenvalue weighted by Gasteiger charge is -2.30. The molecule has 0 radical (unpaired) electrons. The van der Waals surface area contributed by atoms with Crippen molar-refractivity contribution in [1.82, 2.24) is 9.97 Å². The molecule has 1 heterocycles. The van der Waals surface area contributed by atoms with Crippen LogP contribution in [0.3, 0.4) is 0 Å². The Kier molecular flexibility index (Phi) is 1.89. The first-order valence-electron chi connectivity index (χ1n) is 4.52. The second-order valence-corrected chi connectivity index (χ2v) is 3.56. The third-order valence-electron chi connectivity index (χ3n) is 2.68. The van der Waals surface area contributed by atoms with Gasteiger partial charge in [-0.3, -0.25) is 0 Å². The third-order valence-corrected chi connectivity index (χ3v) is 2.68. The van der Waals surface area contributed by atoms with E-state index < -0.39 is 5.60 Å². The Morgan fingerprint density at radius 2 is 2.08 bits per heavy atom. The van der Waals surface area contributed by atoms with E-state index >= 15 is 0 Å². The molecule has 0 spiro atoms. The number of aromatic nitrogens is 2. The molecule has 0 saturated heterocycles. The lowest BCUT2D eigenvalue weighted by atomic mass is 9.83. The van der Waals surface area contributed by atoms with Gasteiger partial charge in [0, 0.05) is 0 Å². The van der Waals surface area contributed by atoms with Gasteiger partial charge in [0.25, 0.3) is 0 Å². The number of H-pyrrole nitrogens is 1. The van der Waals surface area contributed by atoms with E-state index in [1.54, 1.807) is 12.5 Å². The Bertz CT molecular complexity index is 237. The molecular weight excluding hydrogens is 152 g/mol. The average molecular weight is 166 g/mol. The molecule has 0 aromatic carbocycles. The van der Waals surface area contributed by atoms with Crippen LogP contribution >= 0.6 is 0 Å². The highest BCUT2D eigenvalue weighted by Crippen LogP contribution is 2.35. The highest BCUT2D eigenvalue weighted by atomic mass is 16.3. The van der Waals surface area contributed by atoms with E-state index in [2.05, 4.69) is 9.97 Å². The maximum absolute atomic E-state index is 10.2. The minimum absolute atomic E-state index is 0.616. The minimum Gasteiger partial charge on any atom is -0.384 e. The molecule has 0 aliphatic heterocycles. The van der Waals surface area contributed by atoms with Crippen molar-refractivity contribution < 1.29 is 5.11 Å². The van der Waals surface area contributed by atoms with Gasteiger partial charge in [-0.1, -0.05) is 19.3 Å². The summed E-state index contributed by atoms with van der Waals surface area (Å²) in [6, 6.07) is 0. The summed E-state index contributed by atoms with van der Waals surface area (Å²) < 4.78 is 0. The van der Waals surface area contributed by atoms with Crippen molar-refractivity contribution in [3.63, 3.8) is 0 Å². The fourth-order valence-corrected chi connectivity index (χ4v) is 1.92. The summed E-state index contributed by atoms with van der Waals surface area (Å²) in [5, 5.41) is 10.2. The van der Waals surface area contributed by atoms with E-state index in [-0.39, 0.29) is 0 Å². The van der Waals surface area contributed by atoms with Gasteiger partial charge in [0.2, 0.25) is 0 Å². The van der Waals surface area contributed by atoms with Crippen molar-refractivity contribution in [2.24, 2.45) is 0 Å². The quantitative estimate of drug-likeness (QED) is 0.665. The molecule has 1 saturated carbocycles. The highest BCUT2D eigenvalue weighted by Gasteiger charge is 2.32. The Balaban J connectivity index is 2.19. The highest BCUT2D eigenvalue weighted by molar-refractivity contribution is 5.08. The summed E-state index contributed by atoms with van der Waals surface area (Å²) in [6.45, 7) is 0. The fourth-order valence-electron chi connectivity index (χ4n) is 1.92. The van der Waals surface area contributed by atoms with Crippen molar-refractivity contribution in [2.75, 3.05) is 0 Å². The van der Waals surface area contributed by atoms with E-state index in [0.29, 0.717) is 0 Å². The van der Waals surface area contributed by atoms with Crippen LogP contribution in [0.1, 0.15) is 37.8 Å². The first-order valence-corrected chi connectivity index (χ1v) is 4.52. The van der Waals surface area contributed by atoms with Gasteiger partial charge in [-0.05, 0) is 12.8 Å². The van der Waals surface area contributed by atoms with Crippen LogP contribution in [-0.2, 0) is 5.60 Å². The molecule has 0 bridgehead atoms. The predicted octanol–water partition coefficient (Wildman–Crippen LogP) is 1.56. The van der Waals surface area contributed by atoms with Crippen LogP contribution in [-0.4, -0.2) is 15.1 Å². The Morgan fingerprint density at radius 3 is 2.67 bits per heavy atom. The largest absolute Gasteiger partial charge is 0.384 e. The smallest absolute Gasteiger partial charge is 0.106 e. The fraction of sp³-hybridized carbons (Fsp3) is 0.667. The summed E-state index contributed by atoms with van der Waals surface area (Å²) >= 11 is 0. The number of nitrogens with one attached hydrogen (secondary N) is 1. The van der Waals surface area contributed by atoms with E-state index in [1.807, 2.05) is 0 Å². The number of aromatic amines is 1. The first-order chi connectivity index (χ1) is 5.81. The first kappa shape index (κ1) is 7.80. The van der Waals surface area contributed by atoms with Crippen LogP contribution in [0, 0.1) is 0 Å². The van der Waals surface area contributed by atoms with E-state index in [1.165, 1.54) is 6.42 Å². The monoisotopic (exact) mass is 166 g/mol. The van der Waals surface area contributed by atoms with Crippen LogP contribution in [0.4, 0.5) is 0 Å². The van der Waals surface area contributed by atoms with Gasteiger partial charge >= 0.3 is 0 Å². The van der Waals surface area contributed by atoms with Crippen molar-refractivity contribution in [2.45, 2.75) is 37.7 Å². The summed E-state index contributed by atoms with van der Waals surface area (Å²) in [6.07, 6.45) is 8.58. The maximum Gasteiger partial charge on any atom is 0.106 e. The summed E-state index contributed by atoms with van der Waals surface area (Å²) in [5.74, 6) is 0. The normalized spacial score (nSPS) is 22.4. The molecule has 0 atom stereocenters. The third kappa shape index (κ3) is 1.25. The van der Waals surface area contributed by atoms with Gasteiger partial charge in [0.1, 0.15) is 5.60 Å². The van der Waals surface area contributed by atoms with Gasteiger partial charge in [-0.25, -0.2) is 4.98 Å². The van der Waals surface area contributed by atoms with E-state index in [4.69, 9.17) is 0 Å². The number of hydrogen-bond acceptors (Lipinski definition) is 2. The second-order valence-electron chi connectivity index (χ2n) is 3.56. The molecule has 0 unspecified atom stereocenters. The standard InChI is InChI=1S/C9H14N2O/c12-9(4-2-1-3-5-9)8-6-10-7-11-8/h6-7,12H,1-5H2,(H,10,11). The Labute approximate surface area is 71.8 Å². The van der Waals surface area contributed by atoms with Gasteiger partial charge in [0.15, 0.2) is 0 Å². The van der Waals surface area contributed by atoms with Gasteiger partial charge in [0.05, 0.1) is 18.2 Å². The van der Waals surface area contributed by atoms with Crippen LogP contribution < -0.4 is 0 Å². The average Bonchev–Trinajstić information content (AvgIpc) is 2.58. The van der Waals surface area contributed by atoms with Crippen molar-refractivity contribution in [1.29, 1.82) is 0 Å². The molecular formula is C9H14N2O. The molecule has 1 aromatic rings. The van der Waals surface area contributed by atoms with Gasteiger partial charge in [-0.15, -0.1) is 0 Å². The summed E-state index contributed by atoms with van der Waals surface area (Å²) in [7, 11) is 0. The number of aliphatic hydroxyl groups is 1. The van der Waals surface area contributed by atoms with Crippen molar-refractivity contribution >= 4 is 0 Å². The van der Waals surface area contributed by atoms with Crippen LogP contribution in [0.25, 0.3) is 0 Å². The lowest BCUT2D eigenvalue weighted by Crippen LogP contribution is -2.28. The van der Waals surface area contributed by atoms with Crippen molar-refractivity contribution in [3.8, 4) is 0 Å². The van der Waals surface area contributed by atoms with Gasteiger partial charge < -0.3 is 10.1 Å². The summed E-state index contributed by atoms with van der Waals surface area (Å²) in [4.78, 5) is 6.91. The number of imidazole rings is 1. The van der Waals surface area contributed by atoms with Crippen LogP contribution in [0.2, 0.25) is 0 Å². The van der Waals surface area contributed by atoms with Crippen LogP contribution in [0.15, 0.2) is 12.5 Å². The molecule has 12 heavy (non-hydrogen) atoms. The molecule has 1 aromatic heterocycles. The minimum atomic E-state index is -0.616. The molecule has 0 amide bonds. The predicted molar refractivity (Wildman–Crippen MR) is 45.6 cm³/mol. The number of hydrogen-bond donors (Lipinski definition) is 2. The van der Waals surface area contributed by atoms with E-state index in [9.17, 15) is 5.11 Å². The maximum atomic E-state index is 10.2. The zero-order chi connectivity index (χ0) is 8.44. The molecule has 3 nitrogen and oxygen atoms in total. The van der Waals surface area contributed by atoms with Crippen LogP contribution in [0.5, 0.6) is 0 Å². The zero-order valence-electron chi connectivity index (χ0n) is 7.08. The van der Waals surface area contributed by atoms with Gasteiger partial charge in [-0.2, -0.15) is 0 Å². The molecule has 66 valence electrons. The SMILES string of the molecule is OC1(c2cnc[nH]2)CCCCC1. The second kappa shape index (κ2) is 2.90. The molecule has 2 N–H and O–H groups in total. The molecule has 1 aliphatic carbocycles.